The third-order valence-corrected chi connectivity index (χ3v) is 15.5. The maximum atomic E-state index is 15.1. The summed E-state index contributed by atoms with van der Waals surface area (Å²) in [6.07, 6.45) is -0.679. The minimum absolute atomic E-state index is 0.0317. The number of pyridine rings is 1. The molecule has 0 radical (unpaired) electrons. The van der Waals surface area contributed by atoms with Crippen molar-refractivity contribution in [3.63, 3.8) is 0 Å². The molecule has 4 amide bonds. The van der Waals surface area contributed by atoms with E-state index in [4.69, 9.17) is 19.2 Å². The van der Waals surface area contributed by atoms with Crippen molar-refractivity contribution in [3.8, 4) is 22.6 Å². The molecule has 4 aromatic carbocycles. The lowest BCUT2D eigenvalue weighted by Crippen LogP contribution is -2.39. The van der Waals surface area contributed by atoms with Gasteiger partial charge < -0.3 is 24.4 Å². The lowest BCUT2D eigenvalue weighted by molar-refractivity contribution is -0.137. The molecule has 1 atom stereocenters. The maximum absolute atomic E-state index is 15.1. The molecule has 0 aliphatic carbocycles. The normalized spacial score (nSPS) is 16.4. The second kappa shape index (κ2) is 22.4. The number of benzene rings is 4. The summed E-state index contributed by atoms with van der Waals surface area (Å²) in [7, 11) is 3.23. The highest BCUT2D eigenvalue weighted by Gasteiger charge is 2.37. The predicted molar refractivity (Wildman–Crippen MR) is 294 cm³/mol. The lowest BCUT2D eigenvalue weighted by atomic mass is 9.92. The minimum atomic E-state index is -4.83. The fraction of sp³-hybridized carbons (Fsp3) is 0.379. The average molecular weight is 1100 g/mol. The van der Waals surface area contributed by atoms with Gasteiger partial charge in [0.05, 0.1) is 53.3 Å². The average Bonchev–Trinajstić information content (AvgIpc) is 4.16. The largest absolute Gasteiger partial charge is 0.494 e. The van der Waals surface area contributed by atoms with Gasteiger partial charge in [0, 0.05) is 43.1 Å². The number of likely N-dealkylation sites (tertiary alicyclic amines) is 1. The fourth-order valence-corrected chi connectivity index (χ4v) is 11.6. The predicted octanol–water partition coefficient (Wildman–Crippen LogP) is 10.1. The van der Waals surface area contributed by atoms with E-state index in [1.165, 1.54) is 36.6 Å². The number of carbonyl (C=O) groups is 5. The zero-order valence-electron chi connectivity index (χ0n) is 44.4. The van der Waals surface area contributed by atoms with Crippen LogP contribution in [0.4, 0.5) is 29.8 Å². The number of amides is 4. The minimum Gasteiger partial charge on any atom is -0.494 e. The molecule has 412 valence electrons. The van der Waals surface area contributed by atoms with E-state index in [1.54, 1.807) is 56.8 Å². The molecular formula is C58H60F3N9O8S. The van der Waals surface area contributed by atoms with Crippen molar-refractivity contribution in [3.05, 3.63) is 119 Å². The Bertz CT molecular complexity index is 3480. The van der Waals surface area contributed by atoms with E-state index >= 15 is 13.2 Å². The summed E-state index contributed by atoms with van der Waals surface area (Å²) in [5.74, 6) is -1.62. The highest BCUT2D eigenvalue weighted by Crippen LogP contribution is 2.42. The van der Waals surface area contributed by atoms with Crippen molar-refractivity contribution in [1.29, 1.82) is 0 Å². The molecule has 0 saturated carbocycles. The number of nitrogens with one attached hydrogen (secondary N) is 3. The number of methoxy groups -OCH3 is 1. The standard InChI is InChI=1S/C58H60F3N9O8S/c1-57(2,3)78-55(75)50-37(18-21-46(64-50)70-28-25-34-11-8-12-38(41(34)31-70)53(73)66-56-63-43-13-6-7-14-45(43)79-56)36-16-15-35(30-42(36)58(59,60)61)77-29-9-10-33-23-26-69(27-24-33)32-48(72)62-44-20-17-39-49(40-19-22-47(71)65-54(40)74)67-68(4)51(39)52(44)76-5/h6-8,11-18,20-21,30,33,40H,9-10,19,22-29,31-32H2,1-5H3,(H,62,72)(H,63,66,73)(H,65,71,74). The molecule has 3 N–H and O–H groups in total. The van der Waals surface area contributed by atoms with Crippen molar-refractivity contribution < 1.29 is 51.4 Å². The molecular weight excluding hydrogens is 1040 g/mol. The number of aromatic nitrogens is 4. The molecule has 79 heavy (non-hydrogen) atoms. The molecule has 10 rings (SSSR count). The summed E-state index contributed by atoms with van der Waals surface area (Å²) in [6.45, 7) is 7.43. The molecule has 17 nitrogen and oxygen atoms in total. The lowest BCUT2D eigenvalue weighted by Gasteiger charge is -2.31. The van der Waals surface area contributed by atoms with Crippen LogP contribution in [0.25, 0.3) is 32.2 Å². The van der Waals surface area contributed by atoms with Gasteiger partial charge in [-0.3, -0.25) is 39.4 Å². The van der Waals surface area contributed by atoms with Crippen LogP contribution in [-0.2, 0) is 45.3 Å². The molecule has 6 heterocycles. The molecule has 0 spiro atoms. The Hall–Kier alpha value is -7.91. The van der Waals surface area contributed by atoms with Crippen LogP contribution in [0.5, 0.6) is 11.5 Å². The SMILES string of the molecule is COc1c(NC(=O)CN2CCC(CCCOc3ccc(-c4ccc(N5CCc6cccc(C(=O)Nc7nc8ccccc8s7)c6C5)nc4C(=O)OC(C)(C)C)c(C(F)(F)F)c3)CC2)ccc2c(C3CCC(=O)NC3=O)nn(C)c12. The Kier molecular flexibility index (Phi) is 15.5. The van der Waals surface area contributed by atoms with Crippen LogP contribution in [0.3, 0.4) is 0 Å². The third-order valence-electron chi connectivity index (χ3n) is 14.6. The van der Waals surface area contributed by atoms with Gasteiger partial charge in [-0.05, 0) is 150 Å². The first kappa shape index (κ1) is 54.4. The Morgan fingerprint density at radius 1 is 0.873 bits per heavy atom. The number of alkyl halides is 3. The van der Waals surface area contributed by atoms with Gasteiger partial charge in [-0.2, -0.15) is 18.3 Å². The summed E-state index contributed by atoms with van der Waals surface area (Å²) >= 11 is 1.37. The van der Waals surface area contributed by atoms with Gasteiger partial charge >= 0.3 is 12.1 Å². The third kappa shape index (κ3) is 12.1. The van der Waals surface area contributed by atoms with Crippen LogP contribution in [-0.4, -0.2) is 99.7 Å². The van der Waals surface area contributed by atoms with Gasteiger partial charge in [-0.1, -0.05) is 41.7 Å². The maximum Gasteiger partial charge on any atom is 0.417 e. The molecule has 0 bridgehead atoms. The quantitative estimate of drug-likeness (QED) is 0.0498. The zero-order valence-corrected chi connectivity index (χ0v) is 45.2. The summed E-state index contributed by atoms with van der Waals surface area (Å²) in [5, 5.41) is 14.1. The topological polar surface area (TPSA) is 199 Å². The van der Waals surface area contributed by atoms with E-state index in [2.05, 4.69) is 30.9 Å². The Morgan fingerprint density at radius 2 is 1.66 bits per heavy atom. The van der Waals surface area contributed by atoms with E-state index in [-0.39, 0.29) is 66.4 Å². The Labute approximate surface area is 457 Å². The van der Waals surface area contributed by atoms with E-state index in [0.29, 0.717) is 89.4 Å². The number of hydrogen-bond acceptors (Lipinski definition) is 14. The second-order valence-electron chi connectivity index (χ2n) is 21.1. The van der Waals surface area contributed by atoms with Crippen molar-refractivity contribution in [2.75, 3.05) is 55.4 Å². The molecule has 1 unspecified atom stereocenters. The van der Waals surface area contributed by atoms with Crippen molar-refractivity contribution in [2.24, 2.45) is 13.0 Å². The number of rotatable bonds is 15. The number of ether oxygens (including phenoxy) is 3. The number of hydrogen-bond donors (Lipinski definition) is 3. The second-order valence-corrected chi connectivity index (χ2v) is 22.2. The zero-order chi connectivity index (χ0) is 55.8. The van der Waals surface area contributed by atoms with E-state index in [1.807, 2.05) is 41.3 Å². The Balaban J connectivity index is 0.761. The molecule has 3 aromatic heterocycles. The molecule has 7 aromatic rings. The molecule has 21 heteroatoms. The first-order valence-electron chi connectivity index (χ1n) is 26.3. The first-order valence-corrected chi connectivity index (χ1v) is 27.1. The first-order chi connectivity index (χ1) is 37.8. The number of halogens is 3. The van der Waals surface area contributed by atoms with Crippen molar-refractivity contribution in [1.82, 2.24) is 30.0 Å². The number of fused-ring (bicyclic) bond motifs is 3. The Morgan fingerprint density at radius 3 is 2.41 bits per heavy atom. The van der Waals surface area contributed by atoms with Gasteiger partial charge in [0.2, 0.25) is 17.7 Å². The van der Waals surface area contributed by atoms with E-state index in [9.17, 15) is 24.0 Å². The highest BCUT2D eigenvalue weighted by molar-refractivity contribution is 7.22. The van der Waals surface area contributed by atoms with Gasteiger partial charge in [-0.25, -0.2) is 14.8 Å². The van der Waals surface area contributed by atoms with Gasteiger partial charge in [0.25, 0.3) is 5.91 Å². The number of anilines is 3. The van der Waals surface area contributed by atoms with Crippen LogP contribution in [0.15, 0.2) is 84.9 Å². The van der Waals surface area contributed by atoms with Crippen LogP contribution >= 0.6 is 11.3 Å². The van der Waals surface area contributed by atoms with Gasteiger partial charge in [0.1, 0.15) is 22.7 Å². The summed E-state index contributed by atoms with van der Waals surface area (Å²) in [6, 6.07) is 23.4. The van der Waals surface area contributed by atoms with Crippen molar-refractivity contribution in [2.45, 2.75) is 90.0 Å². The van der Waals surface area contributed by atoms with Gasteiger partial charge in [0.15, 0.2) is 16.6 Å². The monoisotopic (exact) mass is 1100 g/mol. The van der Waals surface area contributed by atoms with Crippen molar-refractivity contribution >= 4 is 78.7 Å². The van der Waals surface area contributed by atoms with E-state index < -0.39 is 35.1 Å². The fourth-order valence-electron chi connectivity index (χ4n) is 10.8. The molecule has 2 saturated heterocycles. The van der Waals surface area contributed by atoms with Crippen LogP contribution in [0.2, 0.25) is 0 Å². The van der Waals surface area contributed by atoms with Crippen LogP contribution in [0.1, 0.15) is 108 Å². The summed E-state index contributed by atoms with van der Waals surface area (Å²) in [5.41, 5.74) is 2.01. The number of aryl methyl sites for hydroxylation is 1. The molecule has 3 aliphatic rings. The smallest absolute Gasteiger partial charge is 0.417 e. The molecule has 2 fully saturated rings. The number of piperidine rings is 2. The van der Waals surface area contributed by atoms with Gasteiger partial charge in [-0.15, -0.1) is 0 Å². The highest BCUT2D eigenvalue weighted by atomic mass is 32.1. The summed E-state index contributed by atoms with van der Waals surface area (Å²) < 4.78 is 65.2. The number of carbonyl (C=O) groups excluding carboxylic acids is 5. The number of para-hydroxylation sites is 1. The molecule has 3 aliphatic heterocycles. The van der Waals surface area contributed by atoms with E-state index in [0.717, 1.165) is 46.7 Å². The summed E-state index contributed by atoms with van der Waals surface area (Å²) in [4.78, 5) is 78.7. The number of thiazole rings is 1. The number of esters is 1. The van der Waals surface area contributed by atoms with Crippen LogP contribution in [0, 0.1) is 5.92 Å². The van der Waals surface area contributed by atoms with Crippen LogP contribution < -0.4 is 30.3 Å². The number of imide groups is 1. The number of nitrogens with zero attached hydrogens (tertiary/aromatic N) is 6.